The minimum Gasteiger partial charge on any atom is -0.495 e. The first-order chi connectivity index (χ1) is 11.8. The molecule has 0 unspecified atom stereocenters. The number of hydrogen-bond acceptors (Lipinski definition) is 3. The molecule has 0 aliphatic rings. The molecular formula is C18H18Cl2N2O3. The number of anilines is 2. The number of hydrogen-bond donors (Lipinski definition) is 1. The second-order valence-corrected chi connectivity index (χ2v) is 6.25. The molecule has 0 saturated heterocycles. The van der Waals surface area contributed by atoms with E-state index in [0.717, 1.165) is 5.56 Å². The number of carbonyl (C=O) groups is 2. The van der Waals surface area contributed by atoms with Crippen LogP contribution in [0, 0.1) is 6.92 Å². The maximum atomic E-state index is 12.3. The van der Waals surface area contributed by atoms with Crippen molar-refractivity contribution in [2.24, 2.45) is 0 Å². The van der Waals surface area contributed by atoms with Gasteiger partial charge in [-0.3, -0.25) is 9.59 Å². The summed E-state index contributed by atoms with van der Waals surface area (Å²) < 4.78 is 5.09. The molecule has 5 nitrogen and oxygen atoms in total. The molecule has 2 amide bonds. The second kappa shape index (κ2) is 8.23. The van der Waals surface area contributed by atoms with Crippen LogP contribution in [-0.4, -0.2) is 25.5 Å². The average molecular weight is 381 g/mol. The van der Waals surface area contributed by atoms with E-state index in [-0.39, 0.29) is 18.4 Å². The van der Waals surface area contributed by atoms with Gasteiger partial charge in [-0.05, 0) is 42.8 Å². The first-order valence-electron chi connectivity index (χ1n) is 7.49. The lowest BCUT2D eigenvalue weighted by Crippen LogP contribution is -2.36. The number of aryl methyl sites for hydroxylation is 1. The van der Waals surface area contributed by atoms with Crippen LogP contribution in [0.1, 0.15) is 12.5 Å². The molecule has 0 spiro atoms. The molecule has 132 valence electrons. The van der Waals surface area contributed by atoms with E-state index in [1.165, 1.54) is 18.9 Å². The zero-order valence-electron chi connectivity index (χ0n) is 14.1. The second-order valence-electron chi connectivity index (χ2n) is 5.44. The lowest BCUT2D eigenvalue weighted by Gasteiger charge is -2.21. The van der Waals surface area contributed by atoms with Crippen molar-refractivity contribution >= 4 is 46.4 Å². The van der Waals surface area contributed by atoms with Gasteiger partial charge in [0.2, 0.25) is 11.8 Å². The first-order valence-corrected chi connectivity index (χ1v) is 8.25. The number of nitrogens with one attached hydrogen (secondary N) is 1. The third-order valence-corrected chi connectivity index (χ3v) is 4.29. The van der Waals surface area contributed by atoms with Crippen LogP contribution in [0.2, 0.25) is 10.0 Å². The van der Waals surface area contributed by atoms with E-state index in [1.54, 1.807) is 30.3 Å². The quantitative estimate of drug-likeness (QED) is 0.840. The first kappa shape index (κ1) is 19.1. The molecule has 0 fully saturated rings. The molecule has 0 radical (unpaired) electrons. The SMILES string of the molecule is COc1ccc(N(CC(=O)Nc2ccc(C)c(Cl)c2)C(C)=O)cc1Cl. The third kappa shape index (κ3) is 4.87. The zero-order chi connectivity index (χ0) is 18.6. The molecule has 1 N–H and O–H groups in total. The van der Waals surface area contributed by atoms with E-state index < -0.39 is 0 Å². The molecule has 2 aromatic rings. The average Bonchev–Trinajstić information content (AvgIpc) is 2.55. The van der Waals surface area contributed by atoms with Gasteiger partial charge in [-0.2, -0.15) is 0 Å². The predicted molar refractivity (Wildman–Crippen MR) is 101 cm³/mol. The van der Waals surface area contributed by atoms with Gasteiger partial charge in [0.05, 0.1) is 12.1 Å². The zero-order valence-corrected chi connectivity index (χ0v) is 15.6. The molecule has 0 aliphatic carbocycles. The Hall–Kier alpha value is -2.24. The van der Waals surface area contributed by atoms with E-state index in [1.807, 2.05) is 13.0 Å². The molecule has 0 heterocycles. The van der Waals surface area contributed by atoms with Crippen molar-refractivity contribution in [3.05, 3.63) is 52.0 Å². The van der Waals surface area contributed by atoms with Crippen molar-refractivity contribution in [3.8, 4) is 5.75 Å². The van der Waals surface area contributed by atoms with Crippen LogP contribution in [0.4, 0.5) is 11.4 Å². The number of carbonyl (C=O) groups excluding carboxylic acids is 2. The number of benzene rings is 2. The number of amides is 2. The van der Waals surface area contributed by atoms with E-state index in [4.69, 9.17) is 27.9 Å². The van der Waals surface area contributed by atoms with Crippen LogP contribution in [0.25, 0.3) is 0 Å². The third-order valence-electron chi connectivity index (χ3n) is 3.58. The number of halogens is 2. The van der Waals surface area contributed by atoms with Gasteiger partial charge in [0.15, 0.2) is 0 Å². The standard InChI is InChI=1S/C18H18Cl2N2O3/c1-11-4-5-13(8-15(11)19)21-18(24)10-22(12(2)23)14-6-7-17(25-3)16(20)9-14/h4-9H,10H2,1-3H3,(H,21,24). The number of rotatable bonds is 5. The summed E-state index contributed by atoms with van der Waals surface area (Å²) in [6.45, 7) is 3.11. The summed E-state index contributed by atoms with van der Waals surface area (Å²) in [4.78, 5) is 25.6. The summed E-state index contributed by atoms with van der Waals surface area (Å²) in [6.07, 6.45) is 0. The number of methoxy groups -OCH3 is 1. The Kier molecular flexibility index (Phi) is 6.28. The number of nitrogens with zero attached hydrogens (tertiary/aromatic N) is 1. The van der Waals surface area contributed by atoms with Gasteiger partial charge in [0.1, 0.15) is 12.3 Å². The van der Waals surface area contributed by atoms with Crippen molar-refractivity contribution in [2.45, 2.75) is 13.8 Å². The van der Waals surface area contributed by atoms with Crippen LogP contribution in [0.3, 0.4) is 0 Å². The highest BCUT2D eigenvalue weighted by atomic mass is 35.5. The highest BCUT2D eigenvalue weighted by molar-refractivity contribution is 6.32. The fourth-order valence-corrected chi connectivity index (χ4v) is 2.65. The van der Waals surface area contributed by atoms with Crippen molar-refractivity contribution in [1.29, 1.82) is 0 Å². The van der Waals surface area contributed by atoms with Gasteiger partial charge < -0.3 is 15.0 Å². The maximum absolute atomic E-state index is 12.3. The van der Waals surface area contributed by atoms with Gasteiger partial charge in [-0.15, -0.1) is 0 Å². The smallest absolute Gasteiger partial charge is 0.244 e. The van der Waals surface area contributed by atoms with Crippen LogP contribution < -0.4 is 15.0 Å². The summed E-state index contributed by atoms with van der Waals surface area (Å²) in [5, 5.41) is 3.64. The van der Waals surface area contributed by atoms with Crippen LogP contribution in [0.5, 0.6) is 5.75 Å². The molecule has 0 atom stereocenters. The van der Waals surface area contributed by atoms with Gasteiger partial charge in [-0.25, -0.2) is 0 Å². The molecule has 0 aromatic heterocycles. The van der Waals surface area contributed by atoms with Gasteiger partial charge >= 0.3 is 0 Å². The fraction of sp³-hybridized carbons (Fsp3) is 0.222. The monoisotopic (exact) mass is 380 g/mol. The van der Waals surface area contributed by atoms with Crippen molar-refractivity contribution in [3.63, 3.8) is 0 Å². The van der Waals surface area contributed by atoms with Crippen molar-refractivity contribution in [1.82, 2.24) is 0 Å². The Morgan fingerprint density at radius 1 is 1.12 bits per heavy atom. The Bertz CT molecular complexity index is 809. The molecule has 2 aromatic carbocycles. The Balaban J connectivity index is 2.15. The summed E-state index contributed by atoms with van der Waals surface area (Å²) in [5.74, 6) is -0.131. The van der Waals surface area contributed by atoms with E-state index in [0.29, 0.717) is 27.2 Å². The molecule has 25 heavy (non-hydrogen) atoms. The van der Waals surface area contributed by atoms with Crippen LogP contribution in [0.15, 0.2) is 36.4 Å². The molecule has 0 aliphatic heterocycles. The molecule has 7 heteroatoms. The predicted octanol–water partition coefficient (Wildman–Crippen LogP) is 4.30. The molecule has 0 bridgehead atoms. The van der Waals surface area contributed by atoms with E-state index in [9.17, 15) is 9.59 Å². The normalized spacial score (nSPS) is 10.3. The van der Waals surface area contributed by atoms with Crippen LogP contribution >= 0.6 is 23.2 Å². The number of ether oxygens (including phenoxy) is 1. The lowest BCUT2D eigenvalue weighted by molar-refractivity contribution is -0.120. The van der Waals surface area contributed by atoms with E-state index >= 15 is 0 Å². The molecule has 0 saturated carbocycles. The Morgan fingerprint density at radius 3 is 2.40 bits per heavy atom. The summed E-state index contributed by atoms with van der Waals surface area (Å²) >= 11 is 12.2. The fourth-order valence-electron chi connectivity index (χ4n) is 2.22. The van der Waals surface area contributed by atoms with Gasteiger partial charge in [0.25, 0.3) is 0 Å². The van der Waals surface area contributed by atoms with Gasteiger partial charge in [0, 0.05) is 23.3 Å². The minimum absolute atomic E-state index is 0.149. The Morgan fingerprint density at radius 2 is 1.84 bits per heavy atom. The summed E-state index contributed by atoms with van der Waals surface area (Å²) in [6, 6.07) is 10.1. The Labute approximate surface area is 156 Å². The molecule has 2 rings (SSSR count). The molecular weight excluding hydrogens is 363 g/mol. The largest absolute Gasteiger partial charge is 0.495 e. The van der Waals surface area contributed by atoms with Crippen molar-refractivity contribution in [2.75, 3.05) is 23.9 Å². The topological polar surface area (TPSA) is 58.6 Å². The van der Waals surface area contributed by atoms with E-state index in [2.05, 4.69) is 5.32 Å². The van der Waals surface area contributed by atoms with Gasteiger partial charge in [-0.1, -0.05) is 29.3 Å². The minimum atomic E-state index is -0.345. The summed E-state index contributed by atoms with van der Waals surface area (Å²) in [5.41, 5.74) is 1.99. The van der Waals surface area contributed by atoms with Crippen LogP contribution in [-0.2, 0) is 9.59 Å². The summed E-state index contributed by atoms with van der Waals surface area (Å²) in [7, 11) is 1.50. The highest BCUT2D eigenvalue weighted by Crippen LogP contribution is 2.29. The van der Waals surface area contributed by atoms with Crippen molar-refractivity contribution < 1.29 is 14.3 Å². The lowest BCUT2D eigenvalue weighted by atomic mass is 10.2. The highest BCUT2D eigenvalue weighted by Gasteiger charge is 2.17. The maximum Gasteiger partial charge on any atom is 0.244 e.